The van der Waals surface area contributed by atoms with E-state index in [0.717, 1.165) is 36.1 Å². The summed E-state index contributed by atoms with van der Waals surface area (Å²) >= 11 is 0. The van der Waals surface area contributed by atoms with Crippen molar-refractivity contribution in [3.05, 3.63) is 48.5 Å². The number of phenolic OH excluding ortho intramolecular Hbond substituents is 1. The first-order chi connectivity index (χ1) is 13.6. The highest BCUT2D eigenvalue weighted by molar-refractivity contribution is 5.68. The summed E-state index contributed by atoms with van der Waals surface area (Å²) in [5.74, 6) is 2.38. The van der Waals surface area contributed by atoms with E-state index in [9.17, 15) is 5.11 Å². The minimum absolute atomic E-state index is 0.163. The molecule has 3 atom stereocenters. The fourth-order valence-electron chi connectivity index (χ4n) is 4.70. The predicted octanol–water partition coefficient (Wildman–Crippen LogP) is 4.30. The van der Waals surface area contributed by atoms with Gasteiger partial charge in [0.15, 0.2) is 0 Å². The van der Waals surface area contributed by atoms with Crippen LogP contribution < -0.4 is 4.74 Å². The summed E-state index contributed by atoms with van der Waals surface area (Å²) in [6.07, 6.45) is 10.2. The lowest BCUT2D eigenvalue weighted by Gasteiger charge is -2.27. The van der Waals surface area contributed by atoms with Crippen LogP contribution in [0.25, 0.3) is 16.9 Å². The lowest BCUT2D eigenvalue weighted by Crippen LogP contribution is -2.26. The lowest BCUT2D eigenvalue weighted by atomic mass is 9.87. The maximum Gasteiger partial charge on any atom is 0.233 e. The minimum atomic E-state index is 0.163. The molecule has 2 aromatic heterocycles. The predicted molar refractivity (Wildman–Crippen MR) is 105 cm³/mol. The Morgan fingerprint density at radius 3 is 2.50 bits per heavy atom. The van der Waals surface area contributed by atoms with E-state index >= 15 is 0 Å². The number of aromatic nitrogens is 4. The quantitative estimate of drug-likeness (QED) is 0.735. The molecule has 0 spiro atoms. The maximum absolute atomic E-state index is 10.5. The van der Waals surface area contributed by atoms with Crippen LogP contribution in [0.3, 0.4) is 0 Å². The number of benzene rings is 1. The van der Waals surface area contributed by atoms with Gasteiger partial charge in [-0.15, -0.1) is 10.2 Å². The standard InChI is InChI=1S/C22H24N4O2/c1-14-12-26(13-23-14)17-4-5-19(21(27)11-17)20-6-7-22(25-24-20)28-18-9-15-2-3-16(8-15)10-18/h4-7,11-13,15-16,18,27H,2-3,8-10H2,1H3/t15-,16+,18?. The Labute approximate surface area is 164 Å². The maximum atomic E-state index is 10.5. The van der Waals surface area contributed by atoms with E-state index < -0.39 is 0 Å². The summed E-state index contributed by atoms with van der Waals surface area (Å²) in [5.41, 5.74) is 3.05. The van der Waals surface area contributed by atoms with Gasteiger partial charge in [-0.25, -0.2) is 4.98 Å². The van der Waals surface area contributed by atoms with E-state index in [1.54, 1.807) is 12.4 Å². The van der Waals surface area contributed by atoms with Gasteiger partial charge in [-0.3, -0.25) is 0 Å². The van der Waals surface area contributed by atoms with Crippen LogP contribution in [0.2, 0.25) is 0 Å². The molecule has 6 nitrogen and oxygen atoms in total. The van der Waals surface area contributed by atoms with Gasteiger partial charge in [0.25, 0.3) is 0 Å². The highest BCUT2D eigenvalue weighted by Crippen LogP contribution is 2.43. The number of ether oxygens (including phenoxy) is 1. The van der Waals surface area contributed by atoms with Gasteiger partial charge in [0.1, 0.15) is 11.9 Å². The van der Waals surface area contributed by atoms with Crippen molar-refractivity contribution in [2.24, 2.45) is 11.8 Å². The Balaban J connectivity index is 1.31. The summed E-state index contributed by atoms with van der Waals surface area (Å²) in [5, 5.41) is 19.0. The van der Waals surface area contributed by atoms with Gasteiger partial charge in [-0.1, -0.05) is 12.8 Å². The Kier molecular flexibility index (Phi) is 4.26. The molecule has 0 aliphatic heterocycles. The fraction of sp³-hybridized carbons (Fsp3) is 0.409. The number of hydrogen-bond donors (Lipinski definition) is 1. The van der Waals surface area contributed by atoms with Crippen molar-refractivity contribution < 1.29 is 9.84 Å². The molecule has 0 saturated heterocycles. The number of phenols is 1. The van der Waals surface area contributed by atoms with Crippen molar-refractivity contribution in [2.75, 3.05) is 0 Å². The Hall–Kier alpha value is -2.89. The third-order valence-corrected chi connectivity index (χ3v) is 6.04. The van der Waals surface area contributed by atoms with Gasteiger partial charge in [-0.05, 0) is 56.2 Å². The number of aromatic hydroxyl groups is 1. The van der Waals surface area contributed by atoms with Gasteiger partial charge in [0.2, 0.25) is 5.88 Å². The lowest BCUT2D eigenvalue weighted by molar-refractivity contribution is 0.113. The molecule has 2 heterocycles. The van der Waals surface area contributed by atoms with E-state index in [-0.39, 0.29) is 11.9 Å². The van der Waals surface area contributed by atoms with Crippen molar-refractivity contribution in [2.45, 2.75) is 45.1 Å². The molecule has 2 aliphatic rings. The second-order valence-electron chi connectivity index (χ2n) is 8.14. The fourth-order valence-corrected chi connectivity index (χ4v) is 4.70. The van der Waals surface area contributed by atoms with Crippen LogP contribution >= 0.6 is 0 Å². The average molecular weight is 376 g/mol. The zero-order valence-electron chi connectivity index (χ0n) is 16.0. The van der Waals surface area contributed by atoms with E-state index in [1.165, 1.54) is 19.3 Å². The van der Waals surface area contributed by atoms with E-state index in [4.69, 9.17) is 4.74 Å². The van der Waals surface area contributed by atoms with Gasteiger partial charge in [0.05, 0.1) is 23.4 Å². The van der Waals surface area contributed by atoms with Crippen molar-refractivity contribution >= 4 is 0 Å². The normalized spacial score (nSPS) is 23.7. The first-order valence-corrected chi connectivity index (χ1v) is 9.99. The molecule has 2 fully saturated rings. The van der Waals surface area contributed by atoms with Crippen LogP contribution in [0.5, 0.6) is 11.6 Å². The van der Waals surface area contributed by atoms with Crippen molar-refractivity contribution in [3.63, 3.8) is 0 Å². The van der Waals surface area contributed by atoms with Gasteiger partial charge < -0.3 is 14.4 Å². The minimum Gasteiger partial charge on any atom is -0.507 e. The van der Waals surface area contributed by atoms with E-state index in [0.29, 0.717) is 17.1 Å². The van der Waals surface area contributed by atoms with Crippen LogP contribution in [0, 0.1) is 18.8 Å². The summed E-state index contributed by atoms with van der Waals surface area (Å²) in [6, 6.07) is 9.20. The van der Waals surface area contributed by atoms with Crippen molar-refractivity contribution in [1.29, 1.82) is 0 Å². The molecule has 2 aliphatic carbocycles. The van der Waals surface area contributed by atoms with Gasteiger partial charge in [-0.2, -0.15) is 0 Å². The molecule has 5 rings (SSSR count). The SMILES string of the molecule is Cc1cn(-c2ccc(-c3ccc(OC4C[C@H]5CC[C@@H](C4)C5)nn3)c(O)c2)cn1. The number of imidazole rings is 1. The molecule has 28 heavy (non-hydrogen) atoms. The Morgan fingerprint density at radius 2 is 1.86 bits per heavy atom. The highest BCUT2D eigenvalue weighted by atomic mass is 16.5. The van der Waals surface area contributed by atoms with Gasteiger partial charge >= 0.3 is 0 Å². The summed E-state index contributed by atoms with van der Waals surface area (Å²) in [6.45, 7) is 1.93. The summed E-state index contributed by atoms with van der Waals surface area (Å²) in [4.78, 5) is 4.22. The second-order valence-corrected chi connectivity index (χ2v) is 8.14. The van der Waals surface area contributed by atoms with Crippen LogP contribution in [-0.4, -0.2) is 31.0 Å². The monoisotopic (exact) mass is 376 g/mol. The molecule has 0 amide bonds. The molecule has 144 valence electrons. The largest absolute Gasteiger partial charge is 0.507 e. The van der Waals surface area contributed by atoms with Crippen LogP contribution in [0.1, 0.15) is 37.8 Å². The molecule has 2 saturated carbocycles. The van der Waals surface area contributed by atoms with E-state index in [1.807, 2.05) is 42.0 Å². The van der Waals surface area contributed by atoms with Crippen LogP contribution in [0.4, 0.5) is 0 Å². The molecule has 0 radical (unpaired) electrons. The van der Waals surface area contributed by atoms with E-state index in [2.05, 4.69) is 15.2 Å². The zero-order chi connectivity index (χ0) is 19.1. The van der Waals surface area contributed by atoms with Crippen molar-refractivity contribution in [3.8, 4) is 28.6 Å². The van der Waals surface area contributed by atoms with Crippen LogP contribution in [-0.2, 0) is 0 Å². The third-order valence-electron chi connectivity index (χ3n) is 6.04. The van der Waals surface area contributed by atoms with Crippen LogP contribution in [0.15, 0.2) is 42.9 Å². The molecule has 6 heteroatoms. The molecule has 1 unspecified atom stereocenters. The average Bonchev–Trinajstić information content (AvgIpc) is 3.27. The molecular weight excluding hydrogens is 352 g/mol. The summed E-state index contributed by atoms with van der Waals surface area (Å²) in [7, 11) is 0. The first-order valence-electron chi connectivity index (χ1n) is 9.99. The van der Waals surface area contributed by atoms with Gasteiger partial charge in [0, 0.05) is 23.9 Å². The smallest absolute Gasteiger partial charge is 0.233 e. The topological polar surface area (TPSA) is 73.1 Å². The summed E-state index contributed by atoms with van der Waals surface area (Å²) < 4.78 is 7.96. The zero-order valence-corrected chi connectivity index (χ0v) is 16.0. The molecule has 1 aromatic carbocycles. The first kappa shape index (κ1) is 17.2. The number of nitrogens with zero attached hydrogens (tertiary/aromatic N) is 4. The highest BCUT2D eigenvalue weighted by Gasteiger charge is 2.35. The Morgan fingerprint density at radius 1 is 1.04 bits per heavy atom. The molecule has 3 aromatic rings. The third kappa shape index (κ3) is 3.35. The Bertz CT molecular complexity index is 970. The van der Waals surface area contributed by atoms with Crippen molar-refractivity contribution in [1.82, 2.24) is 19.7 Å². The molecule has 1 N–H and O–H groups in total. The number of hydrogen-bond acceptors (Lipinski definition) is 5. The number of rotatable bonds is 4. The number of aryl methyl sites for hydroxylation is 1. The second kappa shape index (κ2) is 6.93. The molecule has 2 bridgehead atoms. The molecular formula is C22H24N4O2. The number of fused-ring (bicyclic) bond motifs is 2.